The van der Waals surface area contributed by atoms with Crippen molar-refractivity contribution in [3.05, 3.63) is 72.6 Å². The molecule has 0 aromatic heterocycles. The minimum Gasteiger partial charge on any atom is -0.453 e. The molecule has 0 radical (unpaired) electrons. The van der Waals surface area contributed by atoms with Crippen molar-refractivity contribution in [1.82, 2.24) is 20.0 Å². The molecule has 1 aliphatic carbocycles. The average Bonchev–Trinajstić information content (AvgIpc) is 3.59. The highest BCUT2D eigenvalue weighted by atomic mass is 32.2. The smallest absolute Gasteiger partial charge is 0.407 e. The largest absolute Gasteiger partial charge is 0.453 e. The van der Waals surface area contributed by atoms with Crippen molar-refractivity contribution in [2.24, 2.45) is 17.8 Å². The second-order valence-electron chi connectivity index (χ2n) is 16.3. The number of rotatable bonds is 14. The number of sulfone groups is 1. The van der Waals surface area contributed by atoms with Crippen molar-refractivity contribution in [2.45, 2.75) is 60.5 Å². The Bertz CT molecular complexity index is 1770. The molecule has 294 valence electrons. The Morgan fingerprint density at radius 2 is 1.70 bits per heavy atom. The lowest BCUT2D eigenvalue weighted by atomic mass is 9.57. The maximum atomic E-state index is 15.0. The van der Waals surface area contributed by atoms with Crippen LogP contribution in [0.4, 0.5) is 14.9 Å². The Labute approximate surface area is 319 Å². The number of hydrogen-bond donors (Lipinski definition) is 1. The van der Waals surface area contributed by atoms with Gasteiger partial charge in [0.05, 0.1) is 30.8 Å². The molecule has 0 bridgehead atoms. The summed E-state index contributed by atoms with van der Waals surface area (Å²) in [4.78, 5) is 33.4. The van der Waals surface area contributed by atoms with E-state index in [1.807, 2.05) is 18.2 Å². The van der Waals surface area contributed by atoms with Crippen LogP contribution in [0.3, 0.4) is 0 Å². The Kier molecular flexibility index (Phi) is 11.4. The van der Waals surface area contributed by atoms with Gasteiger partial charge in [-0.2, -0.15) is 0 Å². The molecule has 4 saturated heterocycles. The zero-order chi connectivity index (χ0) is 38.1. The number of methoxy groups -OCH3 is 2. The number of amides is 2. The molecule has 54 heavy (non-hydrogen) atoms. The molecule has 4 heterocycles. The summed E-state index contributed by atoms with van der Waals surface area (Å²) in [7, 11) is -0.280. The fourth-order valence-corrected chi connectivity index (χ4v) is 11.7. The average molecular weight is 766 g/mol. The molecule has 0 unspecified atom stereocenters. The number of anilines is 1. The first-order valence-corrected chi connectivity index (χ1v) is 21.2. The zero-order valence-electron chi connectivity index (χ0n) is 31.8. The summed E-state index contributed by atoms with van der Waals surface area (Å²) in [6, 6.07) is 14.3. The van der Waals surface area contributed by atoms with E-state index < -0.39 is 15.9 Å². The molecular weight excluding hydrogens is 710 g/mol. The molecule has 0 spiro atoms. The third-order valence-electron chi connectivity index (χ3n) is 13.1. The van der Waals surface area contributed by atoms with Crippen molar-refractivity contribution in [3.63, 3.8) is 0 Å². The number of benzene rings is 2. The lowest BCUT2D eigenvalue weighted by molar-refractivity contribution is -0.131. The number of nitrogens with one attached hydrogen (secondary N) is 1. The lowest BCUT2D eigenvalue weighted by Crippen LogP contribution is -2.68. The van der Waals surface area contributed by atoms with Gasteiger partial charge in [0, 0.05) is 56.4 Å². The first-order chi connectivity index (χ1) is 26.0. The molecule has 2 aromatic carbocycles. The lowest BCUT2D eigenvalue weighted by Gasteiger charge is -2.55. The molecule has 2 aromatic rings. The molecule has 5 aliphatic rings. The van der Waals surface area contributed by atoms with Crippen LogP contribution in [-0.4, -0.2) is 132 Å². The van der Waals surface area contributed by atoms with Gasteiger partial charge in [0.25, 0.3) is 0 Å². The van der Waals surface area contributed by atoms with Gasteiger partial charge in [-0.05, 0) is 118 Å². The Morgan fingerprint density at radius 1 is 0.981 bits per heavy atom. The monoisotopic (exact) mass is 765 g/mol. The van der Waals surface area contributed by atoms with Crippen LogP contribution in [-0.2, 0) is 29.5 Å². The first-order valence-electron chi connectivity index (χ1n) is 19.6. The van der Waals surface area contributed by atoms with Crippen LogP contribution < -0.4 is 10.2 Å². The van der Waals surface area contributed by atoms with Crippen molar-refractivity contribution in [3.8, 4) is 0 Å². The molecule has 1 N–H and O–H groups in total. The fraction of sp³-hybridized carbons (Fsp3) is 0.610. The second-order valence-corrected chi connectivity index (χ2v) is 18.4. The number of likely N-dealkylation sites (tertiary alicyclic amines) is 3. The third kappa shape index (κ3) is 7.79. The van der Waals surface area contributed by atoms with Crippen LogP contribution in [0.25, 0.3) is 0 Å². The number of halogens is 1. The van der Waals surface area contributed by atoms with Crippen LogP contribution in [0.5, 0.6) is 0 Å². The van der Waals surface area contributed by atoms with E-state index in [1.165, 1.54) is 25.7 Å². The minimum atomic E-state index is -3.47. The highest BCUT2D eigenvalue weighted by Crippen LogP contribution is 2.51. The van der Waals surface area contributed by atoms with Crippen molar-refractivity contribution >= 4 is 27.5 Å². The van der Waals surface area contributed by atoms with Gasteiger partial charge in [-0.25, -0.2) is 17.6 Å². The first kappa shape index (κ1) is 38.7. The topological polar surface area (TPSA) is 112 Å². The summed E-state index contributed by atoms with van der Waals surface area (Å²) in [5.74, 6) is 0.0495. The van der Waals surface area contributed by atoms with Gasteiger partial charge in [0.15, 0.2) is 9.84 Å². The number of piperidine rings is 1. The van der Waals surface area contributed by atoms with Gasteiger partial charge in [0.1, 0.15) is 11.4 Å². The Balaban J connectivity index is 1.00. The summed E-state index contributed by atoms with van der Waals surface area (Å²) in [6.07, 6.45) is 6.84. The van der Waals surface area contributed by atoms with E-state index in [1.54, 1.807) is 30.2 Å². The summed E-state index contributed by atoms with van der Waals surface area (Å²) in [6.45, 7) is 11.3. The Hall–Kier alpha value is -3.52. The van der Waals surface area contributed by atoms with Gasteiger partial charge in [0.2, 0.25) is 5.91 Å². The quantitative estimate of drug-likeness (QED) is 0.281. The Morgan fingerprint density at radius 3 is 2.31 bits per heavy atom. The highest BCUT2D eigenvalue weighted by molar-refractivity contribution is 7.91. The van der Waals surface area contributed by atoms with Gasteiger partial charge in [-0.15, -0.1) is 0 Å². The maximum Gasteiger partial charge on any atom is 0.407 e. The molecule has 3 atom stereocenters. The number of ether oxygens (including phenoxy) is 2. The van der Waals surface area contributed by atoms with E-state index in [-0.39, 0.29) is 46.4 Å². The predicted octanol–water partition coefficient (Wildman–Crippen LogP) is 4.33. The van der Waals surface area contributed by atoms with Crippen molar-refractivity contribution in [1.29, 1.82) is 0 Å². The van der Waals surface area contributed by atoms with Crippen LogP contribution in [0, 0.1) is 23.6 Å². The molecule has 7 rings (SSSR count). The summed E-state index contributed by atoms with van der Waals surface area (Å²) < 4.78 is 52.5. The van der Waals surface area contributed by atoms with Gasteiger partial charge < -0.3 is 34.4 Å². The van der Waals surface area contributed by atoms with Gasteiger partial charge >= 0.3 is 6.09 Å². The number of carbonyl (C=O) groups is 2. The van der Waals surface area contributed by atoms with E-state index in [0.717, 1.165) is 82.6 Å². The summed E-state index contributed by atoms with van der Waals surface area (Å²) >= 11 is 0. The van der Waals surface area contributed by atoms with Crippen molar-refractivity contribution < 1.29 is 31.9 Å². The van der Waals surface area contributed by atoms with E-state index in [4.69, 9.17) is 9.47 Å². The maximum absolute atomic E-state index is 15.0. The third-order valence-corrected chi connectivity index (χ3v) is 15.0. The van der Waals surface area contributed by atoms with Gasteiger partial charge in [-0.3, -0.25) is 4.79 Å². The van der Waals surface area contributed by atoms with E-state index in [9.17, 15) is 18.0 Å². The number of carbonyl (C=O) groups excluding carboxylic acids is 2. The zero-order valence-corrected chi connectivity index (χ0v) is 32.6. The van der Waals surface area contributed by atoms with Gasteiger partial charge in [-0.1, -0.05) is 25.1 Å². The number of alkyl carbamates (subject to hydrolysis) is 1. The van der Waals surface area contributed by atoms with Crippen molar-refractivity contribution in [2.75, 3.05) is 90.3 Å². The number of hydrogen-bond acceptors (Lipinski definition) is 9. The van der Waals surface area contributed by atoms with Crippen LogP contribution in [0.15, 0.2) is 66.1 Å². The molecule has 4 aliphatic heterocycles. The van der Waals surface area contributed by atoms with E-state index in [2.05, 4.69) is 32.7 Å². The molecule has 1 saturated carbocycles. The highest BCUT2D eigenvalue weighted by Gasteiger charge is 2.54. The molecule has 2 amide bonds. The second kappa shape index (κ2) is 15.9. The normalized spacial score (nSPS) is 24.9. The molecule has 11 nitrogen and oxygen atoms in total. The molecule has 13 heteroatoms. The number of nitrogens with zero attached hydrogens (tertiary/aromatic N) is 4. The predicted molar refractivity (Wildman–Crippen MR) is 206 cm³/mol. The fourth-order valence-electron chi connectivity index (χ4n) is 10.1. The minimum absolute atomic E-state index is 0.0215. The van der Waals surface area contributed by atoms with Crippen LogP contribution in [0.2, 0.25) is 0 Å². The molecular formula is C41H56FN5O6S. The van der Waals surface area contributed by atoms with E-state index in [0.29, 0.717) is 37.0 Å². The van der Waals surface area contributed by atoms with Crippen LogP contribution >= 0.6 is 0 Å². The standard InChI is InChI=1S/C41H56FN5O6S/c1-4-38(48)46-23-30(24-46)25-54(50,51)35-14-12-34(13-15-35)47-27-40(28-47,53-3)26-45-20-16-31(17-21-45)41(29-44-18-7-19-44,32-8-5-9-33(42)22-32)36-10-6-11-37(36)43-39(49)52-2/h4-5,8-9,12-15,22,30-31,36-37H,1,6-7,10-11,16-21,23-29H2,2-3H3,(H,43,49)/t36-,37-,41-/m0/s1. The summed E-state index contributed by atoms with van der Waals surface area (Å²) in [5.41, 5.74) is 1.36. The summed E-state index contributed by atoms with van der Waals surface area (Å²) in [5, 5.41) is 3.18. The van der Waals surface area contributed by atoms with Crippen LogP contribution in [0.1, 0.15) is 44.1 Å². The SMILES string of the molecule is C=CC(=O)N1CC(CS(=O)(=O)c2ccc(N3CC(CN4CCC([C@@](CN5CCC5)(c5cccc(F)c5)[C@H]5CCC[C@@H]5NC(=O)OC)CC4)(OC)C3)cc2)C1. The van der Waals surface area contributed by atoms with E-state index >= 15 is 4.39 Å². The molecule has 5 fully saturated rings.